The van der Waals surface area contributed by atoms with Crippen LogP contribution in [0.2, 0.25) is 0 Å². The van der Waals surface area contributed by atoms with Crippen molar-refractivity contribution in [3.05, 3.63) is 10.6 Å². The number of ether oxygens (including phenoxy) is 2. The van der Waals surface area contributed by atoms with E-state index in [9.17, 15) is 19.5 Å². The van der Waals surface area contributed by atoms with E-state index >= 15 is 0 Å². The topological polar surface area (TPSA) is 96.0 Å². The Morgan fingerprint density at radius 3 is 2.74 bits per heavy atom. The van der Waals surface area contributed by atoms with Gasteiger partial charge in [-0.05, 0) is 0 Å². The number of amides is 1. The van der Waals surface area contributed by atoms with Gasteiger partial charge in [-0.2, -0.15) is 0 Å². The Kier molecular flexibility index (Phi) is 5.87. The molecule has 2 aliphatic heterocycles. The van der Waals surface area contributed by atoms with E-state index in [-0.39, 0.29) is 66.2 Å². The van der Waals surface area contributed by atoms with Gasteiger partial charge < -0.3 is 19.4 Å². The first-order valence-electron chi connectivity index (χ1n) is 5.12. The monoisotopic (exact) mass is 295 g/mol. The molecule has 2 heterocycles. The van der Waals surface area contributed by atoms with Crippen molar-refractivity contribution in [3.8, 4) is 0 Å². The number of carboxylic acids is 1. The van der Waals surface area contributed by atoms with Crippen molar-refractivity contribution >= 4 is 29.6 Å². The Balaban J connectivity index is 0.00000180. The van der Waals surface area contributed by atoms with Crippen molar-refractivity contribution in [1.82, 2.24) is 4.90 Å². The Labute approximate surface area is 135 Å². The van der Waals surface area contributed by atoms with E-state index < -0.39 is 11.9 Å². The Morgan fingerprint density at radius 1 is 1.53 bits per heavy atom. The van der Waals surface area contributed by atoms with E-state index in [1.54, 1.807) is 0 Å². The van der Waals surface area contributed by atoms with Crippen LogP contribution in [-0.2, 0) is 23.9 Å². The van der Waals surface area contributed by atoms with Gasteiger partial charge in [0, 0.05) is 7.11 Å². The third-order valence-corrected chi connectivity index (χ3v) is 3.75. The summed E-state index contributed by atoms with van der Waals surface area (Å²) in [5.41, 5.74) is -0.188. The number of hydrogen-bond donors (Lipinski definition) is 0. The third kappa shape index (κ3) is 3.32. The van der Waals surface area contributed by atoms with E-state index in [0.717, 1.165) is 0 Å². The average molecular weight is 295 g/mol. The zero-order chi connectivity index (χ0) is 13.3. The molecule has 0 aromatic carbocycles. The van der Waals surface area contributed by atoms with Crippen LogP contribution in [0.3, 0.4) is 0 Å². The van der Waals surface area contributed by atoms with Gasteiger partial charge in [-0.15, -0.1) is 0 Å². The molecule has 2 rings (SSSR count). The van der Waals surface area contributed by atoms with Crippen LogP contribution in [0.1, 0.15) is 6.42 Å². The molecular weight excluding hydrogens is 285 g/mol. The largest absolute Gasteiger partial charge is 1.00 e. The molecule has 7 nitrogen and oxygen atoms in total. The number of nitrogens with zero attached hydrogens (tertiary/aromatic N) is 1. The summed E-state index contributed by atoms with van der Waals surface area (Å²) < 4.78 is 9.41. The maximum atomic E-state index is 11.3. The van der Waals surface area contributed by atoms with Crippen LogP contribution in [-0.4, -0.2) is 48.4 Å². The predicted octanol–water partition coefficient (Wildman–Crippen LogP) is -4.55. The summed E-state index contributed by atoms with van der Waals surface area (Å²) in [6, 6.07) is 0. The van der Waals surface area contributed by atoms with Crippen molar-refractivity contribution in [2.24, 2.45) is 0 Å². The standard InChI is InChI=1S/C10H11NO6S.Na/c1-16-4-8(13)17-3-5-9(10(14)15)11-6(12)2-7(11)18-5;/h7H,2-4H2,1H3,(H,14,15);/q;+1/p-1/t7-;/m1./s1. The second-order valence-corrected chi connectivity index (χ2v) is 4.97. The van der Waals surface area contributed by atoms with Crippen molar-refractivity contribution in [2.45, 2.75) is 11.8 Å². The number of rotatable bonds is 5. The van der Waals surface area contributed by atoms with Gasteiger partial charge in [0.05, 0.1) is 28.4 Å². The molecule has 1 atom stereocenters. The number of esters is 1. The van der Waals surface area contributed by atoms with Crippen molar-refractivity contribution in [2.75, 3.05) is 20.3 Å². The summed E-state index contributed by atoms with van der Waals surface area (Å²) in [5.74, 6) is -2.29. The van der Waals surface area contributed by atoms with Crippen LogP contribution < -0.4 is 34.7 Å². The van der Waals surface area contributed by atoms with Crippen LogP contribution >= 0.6 is 11.8 Å². The van der Waals surface area contributed by atoms with E-state index in [1.165, 1.54) is 23.8 Å². The van der Waals surface area contributed by atoms with E-state index in [2.05, 4.69) is 4.74 Å². The molecule has 1 amide bonds. The molecule has 1 saturated heterocycles. The molecule has 0 N–H and O–H groups in total. The smallest absolute Gasteiger partial charge is 0.543 e. The zero-order valence-corrected chi connectivity index (χ0v) is 13.3. The van der Waals surface area contributed by atoms with Gasteiger partial charge in [-0.3, -0.25) is 9.69 Å². The first-order chi connectivity index (χ1) is 8.54. The third-order valence-electron chi connectivity index (χ3n) is 2.51. The molecule has 0 aromatic heterocycles. The summed E-state index contributed by atoms with van der Waals surface area (Å²) in [6.07, 6.45) is 0.289. The second-order valence-electron chi connectivity index (χ2n) is 3.69. The molecule has 0 unspecified atom stereocenters. The molecule has 0 aliphatic carbocycles. The molecule has 1 fully saturated rings. The molecule has 0 spiro atoms. The second kappa shape index (κ2) is 6.76. The molecule has 19 heavy (non-hydrogen) atoms. The minimum Gasteiger partial charge on any atom is -0.543 e. The number of thioether (sulfide) groups is 1. The van der Waals surface area contributed by atoms with E-state index in [1.807, 2.05) is 0 Å². The van der Waals surface area contributed by atoms with Gasteiger partial charge >= 0.3 is 35.5 Å². The molecule has 0 radical (unpaired) electrons. The van der Waals surface area contributed by atoms with Gasteiger partial charge in [0.15, 0.2) is 0 Å². The molecule has 0 saturated carbocycles. The summed E-state index contributed by atoms with van der Waals surface area (Å²) in [6.45, 7) is -0.388. The SMILES string of the molecule is COCC(=O)OCC1=C(C(=O)[O-])N2C(=O)C[C@H]2S1.[Na+]. The maximum absolute atomic E-state index is 11.3. The number of aliphatic carboxylic acids is 1. The van der Waals surface area contributed by atoms with Crippen molar-refractivity contribution < 1.29 is 58.5 Å². The van der Waals surface area contributed by atoms with Gasteiger partial charge in [-0.25, -0.2) is 4.79 Å². The minimum absolute atomic E-state index is 0. The minimum atomic E-state index is -1.43. The van der Waals surface area contributed by atoms with Crippen molar-refractivity contribution in [1.29, 1.82) is 0 Å². The fourth-order valence-corrected chi connectivity index (χ4v) is 3.03. The van der Waals surface area contributed by atoms with Crippen LogP contribution in [0, 0.1) is 0 Å². The molecule has 0 aromatic rings. The van der Waals surface area contributed by atoms with Crippen LogP contribution in [0.4, 0.5) is 0 Å². The zero-order valence-electron chi connectivity index (χ0n) is 10.5. The Morgan fingerprint density at radius 2 is 2.21 bits per heavy atom. The van der Waals surface area contributed by atoms with Crippen LogP contribution in [0.15, 0.2) is 10.6 Å². The van der Waals surface area contributed by atoms with Crippen LogP contribution in [0.25, 0.3) is 0 Å². The van der Waals surface area contributed by atoms with E-state index in [4.69, 9.17) is 4.74 Å². The fraction of sp³-hybridized carbons (Fsp3) is 0.500. The number of carboxylic acid groups (broad SMARTS) is 1. The van der Waals surface area contributed by atoms with Gasteiger partial charge in [0.1, 0.15) is 13.2 Å². The van der Waals surface area contributed by atoms with E-state index in [0.29, 0.717) is 4.91 Å². The summed E-state index contributed by atoms with van der Waals surface area (Å²) in [5, 5.41) is 10.8. The fourth-order valence-electron chi connectivity index (χ4n) is 1.72. The normalized spacial score (nSPS) is 20.6. The number of carbonyl (C=O) groups is 3. The first kappa shape index (κ1) is 16.5. The van der Waals surface area contributed by atoms with Gasteiger partial charge in [0.2, 0.25) is 5.91 Å². The van der Waals surface area contributed by atoms with Crippen molar-refractivity contribution in [3.63, 3.8) is 0 Å². The Bertz CT molecular complexity index is 451. The van der Waals surface area contributed by atoms with Crippen LogP contribution in [0.5, 0.6) is 0 Å². The number of methoxy groups -OCH3 is 1. The number of hydrogen-bond acceptors (Lipinski definition) is 7. The molecule has 0 bridgehead atoms. The molecular formula is C10H10NNaO6S. The molecule has 9 heteroatoms. The summed E-state index contributed by atoms with van der Waals surface area (Å²) >= 11 is 1.21. The summed E-state index contributed by atoms with van der Waals surface area (Å²) in [4.78, 5) is 34.8. The van der Waals surface area contributed by atoms with Gasteiger partial charge in [-0.1, -0.05) is 11.8 Å². The average Bonchev–Trinajstić information content (AvgIpc) is 2.59. The Hall–Kier alpha value is -0.540. The molecule has 2 aliphatic rings. The summed E-state index contributed by atoms with van der Waals surface area (Å²) in [7, 11) is 1.35. The quantitative estimate of drug-likeness (QED) is 0.286. The number of carbonyl (C=O) groups excluding carboxylic acids is 3. The first-order valence-corrected chi connectivity index (χ1v) is 6.00. The number of β-lactam (4-membered cyclic amide) rings is 1. The number of fused-ring (bicyclic) bond motifs is 1. The maximum Gasteiger partial charge on any atom is 1.00 e. The predicted molar refractivity (Wildman–Crippen MR) is 57.7 cm³/mol. The van der Waals surface area contributed by atoms with Gasteiger partial charge in [0.25, 0.3) is 0 Å². The molecule has 98 valence electrons.